The van der Waals surface area contributed by atoms with E-state index in [-0.39, 0.29) is 17.6 Å². The van der Waals surface area contributed by atoms with E-state index in [2.05, 4.69) is 15.3 Å². The molecule has 18 heavy (non-hydrogen) atoms. The third-order valence-corrected chi connectivity index (χ3v) is 3.10. The third-order valence-electron chi connectivity index (χ3n) is 3.10. The van der Waals surface area contributed by atoms with Gasteiger partial charge in [-0.15, -0.1) is 0 Å². The van der Waals surface area contributed by atoms with Crippen LogP contribution >= 0.6 is 0 Å². The topological polar surface area (TPSA) is 57.8 Å². The number of nitrogens with one attached hydrogen (secondary N) is 2. The molecule has 1 aliphatic rings. The van der Waals surface area contributed by atoms with Gasteiger partial charge in [0.15, 0.2) is 0 Å². The van der Waals surface area contributed by atoms with Crippen LogP contribution < -0.4 is 5.32 Å². The molecule has 2 aromatic rings. The first kappa shape index (κ1) is 11.2. The summed E-state index contributed by atoms with van der Waals surface area (Å²) < 4.78 is 13.0. The Morgan fingerprint density at radius 1 is 1.50 bits per heavy atom. The molecule has 1 fully saturated rings. The molecule has 0 bridgehead atoms. The lowest BCUT2D eigenvalue weighted by Gasteiger charge is -2.01. The molecular formula is C13H14FN3O. The highest BCUT2D eigenvalue weighted by Gasteiger charge is 2.29. The maximum Gasteiger partial charge on any atom is 0.223 e. The predicted octanol–water partition coefficient (Wildman–Crippen LogP) is 1.77. The van der Waals surface area contributed by atoms with Gasteiger partial charge in [-0.05, 0) is 31.0 Å². The van der Waals surface area contributed by atoms with Gasteiger partial charge in [0.05, 0.1) is 11.0 Å². The van der Waals surface area contributed by atoms with E-state index in [1.54, 1.807) is 6.07 Å². The van der Waals surface area contributed by atoms with E-state index in [0.29, 0.717) is 18.5 Å². The van der Waals surface area contributed by atoms with E-state index >= 15 is 0 Å². The van der Waals surface area contributed by atoms with Gasteiger partial charge in [-0.2, -0.15) is 0 Å². The van der Waals surface area contributed by atoms with E-state index in [4.69, 9.17) is 0 Å². The van der Waals surface area contributed by atoms with Crippen molar-refractivity contribution in [1.29, 1.82) is 0 Å². The van der Waals surface area contributed by atoms with Gasteiger partial charge in [0.2, 0.25) is 5.91 Å². The van der Waals surface area contributed by atoms with Crippen LogP contribution in [0, 0.1) is 11.7 Å². The number of hydrogen-bond acceptors (Lipinski definition) is 2. The van der Waals surface area contributed by atoms with E-state index in [9.17, 15) is 9.18 Å². The predicted molar refractivity (Wildman–Crippen MR) is 65.5 cm³/mol. The largest absolute Gasteiger partial charge is 0.355 e. The monoisotopic (exact) mass is 247 g/mol. The average molecular weight is 247 g/mol. The van der Waals surface area contributed by atoms with Crippen molar-refractivity contribution in [2.24, 2.45) is 5.92 Å². The van der Waals surface area contributed by atoms with Crippen LogP contribution in [-0.2, 0) is 11.2 Å². The second-order valence-electron chi connectivity index (χ2n) is 4.66. The lowest BCUT2D eigenvalue weighted by atomic mass is 10.3. The summed E-state index contributed by atoms with van der Waals surface area (Å²) in [6.45, 7) is 0.567. The van der Waals surface area contributed by atoms with Crippen molar-refractivity contribution < 1.29 is 9.18 Å². The fraction of sp³-hybridized carbons (Fsp3) is 0.385. The molecule has 94 valence electrons. The van der Waals surface area contributed by atoms with Crippen LogP contribution in [0.2, 0.25) is 0 Å². The van der Waals surface area contributed by atoms with Crippen LogP contribution in [0.5, 0.6) is 0 Å². The molecule has 1 amide bonds. The lowest BCUT2D eigenvalue weighted by Crippen LogP contribution is -2.27. The fourth-order valence-electron chi connectivity index (χ4n) is 1.95. The minimum Gasteiger partial charge on any atom is -0.355 e. The maximum absolute atomic E-state index is 13.0. The molecule has 1 aromatic heterocycles. The number of aromatic nitrogens is 2. The third kappa shape index (κ3) is 2.34. The first-order chi connectivity index (χ1) is 8.72. The number of aromatic amines is 1. The van der Waals surface area contributed by atoms with Crippen LogP contribution in [0.3, 0.4) is 0 Å². The molecule has 1 heterocycles. The van der Waals surface area contributed by atoms with E-state index in [0.717, 1.165) is 24.2 Å². The zero-order valence-electron chi connectivity index (χ0n) is 9.87. The molecule has 1 aromatic carbocycles. The number of carbonyl (C=O) groups excluding carboxylic acids is 1. The van der Waals surface area contributed by atoms with Gasteiger partial charge in [-0.3, -0.25) is 4.79 Å². The molecular weight excluding hydrogens is 233 g/mol. The van der Waals surface area contributed by atoms with Crippen molar-refractivity contribution >= 4 is 16.9 Å². The van der Waals surface area contributed by atoms with Crippen LogP contribution in [-0.4, -0.2) is 22.4 Å². The molecule has 3 rings (SSSR count). The van der Waals surface area contributed by atoms with Crippen LogP contribution in [0.25, 0.3) is 11.0 Å². The highest BCUT2D eigenvalue weighted by atomic mass is 19.1. The van der Waals surface area contributed by atoms with Gasteiger partial charge < -0.3 is 10.3 Å². The minimum atomic E-state index is -0.278. The van der Waals surface area contributed by atoms with Crippen LogP contribution in [0.1, 0.15) is 18.7 Å². The Balaban J connectivity index is 1.61. The molecule has 1 saturated carbocycles. The van der Waals surface area contributed by atoms with Crippen LogP contribution in [0.4, 0.5) is 4.39 Å². The standard InChI is InChI=1S/C13H14FN3O/c14-9-3-4-10-11(7-9)17-12(16-10)5-6-15-13(18)8-1-2-8/h3-4,7-8H,1-2,5-6H2,(H,15,18)(H,16,17). The summed E-state index contributed by atoms with van der Waals surface area (Å²) in [6.07, 6.45) is 2.65. The Labute approximate surface area is 104 Å². The van der Waals surface area contributed by atoms with E-state index in [1.165, 1.54) is 12.1 Å². The van der Waals surface area contributed by atoms with E-state index < -0.39 is 0 Å². The summed E-state index contributed by atoms with van der Waals surface area (Å²) in [4.78, 5) is 18.8. The van der Waals surface area contributed by atoms with Gasteiger partial charge in [0, 0.05) is 18.9 Å². The summed E-state index contributed by atoms with van der Waals surface area (Å²) in [5.74, 6) is 0.860. The molecule has 0 atom stereocenters. The second-order valence-corrected chi connectivity index (χ2v) is 4.66. The van der Waals surface area contributed by atoms with Crippen molar-refractivity contribution in [1.82, 2.24) is 15.3 Å². The Morgan fingerprint density at radius 2 is 2.33 bits per heavy atom. The first-order valence-corrected chi connectivity index (χ1v) is 6.14. The number of hydrogen-bond donors (Lipinski definition) is 2. The molecule has 1 aliphatic carbocycles. The number of H-pyrrole nitrogens is 1. The van der Waals surface area contributed by atoms with Crippen molar-refractivity contribution in [2.45, 2.75) is 19.3 Å². The Bertz CT molecular complexity index is 589. The molecule has 2 N–H and O–H groups in total. The van der Waals surface area contributed by atoms with Gasteiger partial charge in [0.1, 0.15) is 11.6 Å². The first-order valence-electron chi connectivity index (χ1n) is 6.14. The highest BCUT2D eigenvalue weighted by Crippen LogP contribution is 2.28. The van der Waals surface area contributed by atoms with Crippen molar-refractivity contribution in [2.75, 3.05) is 6.54 Å². The maximum atomic E-state index is 13.0. The molecule has 0 aliphatic heterocycles. The average Bonchev–Trinajstić information content (AvgIpc) is 3.11. The second kappa shape index (κ2) is 4.40. The summed E-state index contributed by atoms with van der Waals surface area (Å²) in [6, 6.07) is 4.46. The normalized spacial score (nSPS) is 14.9. The number of benzene rings is 1. The number of carbonyl (C=O) groups is 1. The minimum absolute atomic E-state index is 0.136. The SMILES string of the molecule is O=C(NCCc1nc2ccc(F)cc2[nH]1)C1CC1. The van der Waals surface area contributed by atoms with E-state index in [1.807, 2.05) is 0 Å². The molecule has 5 heteroatoms. The number of halogens is 1. The number of fused-ring (bicyclic) bond motifs is 1. The molecule has 0 radical (unpaired) electrons. The summed E-state index contributed by atoms with van der Waals surface area (Å²) in [5.41, 5.74) is 1.44. The Hall–Kier alpha value is -1.91. The molecule has 0 spiro atoms. The highest BCUT2D eigenvalue weighted by molar-refractivity contribution is 5.80. The van der Waals surface area contributed by atoms with Gasteiger partial charge >= 0.3 is 0 Å². The smallest absolute Gasteiger partial charge is 0.223 e. The molecule has 4 nitrogen and oxygen atoms in total. The number of amides is 1. The Morgan fingerprint density at radius 3 is 3.11 bits per heavy atom. The number of rotatable bonds is 4. The summed E-state index contributed by atoms with van der Waals surface area (Å²) >= 11 is 0. The van der Waals surface area contributed by atoms with Crippen molar-refractivity contribution in [3.05, 3.63) is 29.8 Å². The molecule has 0 unspecified atom stereocenters. The van der Waals surface area contributed by atoms with Crippen LogP contribution in [0.15, 0.2) is 18.2 Å². The molecule has 0 saturated heterocycles. The quantitative estimate of drug-likeness (QED) is 0.865. The number of imidazole rings is 1. The zero-order valence-corrected chi connectivity index (χ0v) is 9.87. The van der Waals surface area contributed by atoms with Crippen molar-refractivity contribution in [3.63, 3.8) is 0 Å². The van der Waals surface area contributed by atoms with Gasteiger partial charge in [0.25, 0.3) is 0 Å². The van der Waals surface area contributed by atoms with Gasteiger partial charge in [-0.25, -0.2) is 9.37 Å². The lowest BCUT2D eigenvalue weighted by molar-refractivity contribution is -0.122. The Kier molecular flexibility index (Phi) is 2.74. The summed E-state index contributed by atoms with van der Waals surface area (Å²) in [5, 5.41) is 2.88. The van der Waals surface area contributed by atoms with Crippen molar-refractivity contribution in [3.8, 4) is 0 Å². The summed E-state index contributed by atoms with van der Waals surface area (Å²) in [7, 11) is 0. The fourth-order valence-corrected chi connectivity index (χ4v) is 1.95. The zero-order chi connectivity index (χ0) is 12.5. The number of nitrogens with zero attached hydrogens (tertiary/aromatic N) is 1. The van der Waals surface area contributed by atoms with Gasteiger partial charge in [-0.1, -0.05) is 0 Å².